The molecule has 4 aromatic carbocycles. The van der Waals surface area contributed by atoms with E-state index in [4.69, 9.17) is 9.47 Å². The van der Waals surface area contributed by atoms with Crippen molar-refractivity contribution < 1.29 is 14.3 Å². The largest absolute Gasteiger partial charge is 0.488 e. The molecule has 0 radical (unpaired) electrons. The van der Waals surface area contributed by atoms with Gasteiger partial charge in [0.15, 0.2) is 6.61 Å². The Labute approximate surface area is 193 Å². The van der Waals surface area contributed by atoms with Crippen molar-refractivity contribution in [2.45, 2.75) is 6.61 Å². The van der Waals surface area contributed by atoms with Gasteiger partial charge in [-0.3, -0.25) is 4.79 Å². The lowest BCUT2D eigenvalue weighted by molar-refractivity contribution is -0.123. The minimum atomic E-state index is -0.350. The normalized spacial score (nSPS) is 10.7. The van der Waals surface area contributed by atoms with Gasteiger partial charge in [0.1, 0.15) is 18.1 Å². The standard InChI is InChI=1S/C28H24N2O3/c31-28(21-33-27-18-10-8-16-25(27)23-13-5-2-6-14-23)30-29-19-24-15-7-9-17-26(24)32-20-22-11-3-1-4-12-22/h1-19H,20-21H2,(H,30,31)/b29-19+. The minimum absolute atomic E-state index is 0.145. The van der Waals surface area contributed by atoms with Crippen LogP contribution in [0.1, 0.15) is 11.1 Å². The lowest BCUT2D eigenvalue weighted by Gasteiger charge is -2.11. The van der Waals surface area contributed by atoms with E-state index in [1.807, 2.05) is 109 Å². The molecule has 33 heavy (non-hydrogen) atoms. The molecule has 5 nitrogen and oxygen atoms in total. The van der Waals surface area contributed by atoms with Gasteiger partial charge in [0.25, 0.3) is 5.91 Å². The molecule has 1 amide bonds. The number of amides is 1. The second-order valence-corrected chi connectivity index (χ2v) is 7.26. The summed E-state index contributed by atoms with van der Waals surface area (Å²) in [6.07, 6.45) is 1.57. The van der Waals surface area contributed by atoms with Crippen molar-refractivity contribution in [1.82, 2.24) is 5.43 Å². The first-order valence-corrected chi connectivity index (χ1v) is 10.6. The van der Waals surface area contributed by atoms with Crippen LogP contribution in [-0.2, 0) is 11.4 Å². The van der Waals surface area contributed by atoms with Crippen molar-refractivity contribution in [3.05, 3.63) is 120 Å². The van der Waals surface area contributed by atoms with E-state index in [1.54, 1.807) is 6.21 Å². The highest BCUT2D eigenvalue weighted by molar-refractivity contribution is 5.85. The smallest absolute Gasteiger partial charge is 0.277 e. The summed E-state index contributed by atoms with van der Waals surface area (Å²) in [6.45, 7) is 0.306. The molecule has 0 fully saturated rings. The summed E-state index contributed by atoms with van der Waals surface area (Å²) in [6, 6.07) is 35.0. The van der Waals surface area contributed by atoms with Crippen LogP contribution in [0.25, 0.3) is 11.1 Å². The average molecular weight is 437 g/mol. The minimum Gasteiger partial charge on any atom is -0.488 e. The maximum atomic E-state index is 12.3. The number of ether oxygens (including phenoxy) is 2. The summed E-state index contributed by atoms with van der Waals surface area (Å²) in [5.41, 5.74) is 6.31. The maximum Gasteiger partial charge on any atom is 0.277 e. The van der Waals surface area contributed by atoms with E-state index >= 15 is 0 Å². The van der Waals surface area contributed by atoms with Crippen LogP contribution in [0, 0.1) is 0 Å². The number of para-hydroxylation sites is 2. The van der Waals surface area contributed by atoms with Crippen LogP contribution in [0.15, 0.2) is 114 Å². The summed E-state index contributed by atoms with van der Waals surface area (Å²) in [5.74, 6) is 0.978. The van der Waals surface area contributed by atoms with E-state index in [1.165, 1.54) is 0 Å². The van der Waals surface area contributed by atoms with Crippen molar-refractivity contribution >= 4 is 12.1 Å². The second-order valence-electron chi connectivity index (χ2n) is 7.26. The molecule has 0 saturated heterocycles. The Hall–Kier alpha value is -4.38. The van der Waals surface area contributed by atoms with Gasteiger partial charge in [-0.2, -0.15) is 5.10 Å². The number of hydrazone groups is 1. The molecule has 0 heterocycles. The summed E-state index contributed by atoms with van der Waals surface area (Å²) in [4.78, 5) is 12.3. The molecule has 5 heteroatoms. The maximum absolute atomic E-state index is 12.3. The number of hydrogen-bond acceptors (Lipinski definition) is 4. The van der Waals surface area contributed by atoms with Gasteiger partial charge in [-0.05, 0) is 29.3 Å². The molecule has 0 aliphatic heterocycles. The SMILES string of the molecule is O=C(COc1ccccc1-c1ccccc1)N/N=C/c1ccccc1OCc1ccccc1. The van der Waals surface area contributed by atoms with Crippen LogP contribution in [0.4, 0.5) is 0 Å². The molecular formula is C28H24N2O3. The predicted octanol–water partition coefficient (Wildman–Crippen LogP) is 5.46. The Morgan fingerprint density at radius 1 is 0.727 bits per heavy atom. The van der Waals surface area contributed by atoms with Gasteiger partial charge in [-0.25, -0.2) is 5.43 Å². The zero-order chi connectivity index (χ0) is 22.7. The lowest BCUT2D eigenvalue weighted by atomic mass is 10.1. The molecule has 0 spiro atoms. The van der Waals surface area contributed by atoms with Gasteiger partial charge in [-0.15, -0.1) is 0 Å². The zero-order valence-corrected chi connectivity index (χ0v) is 18.1. The molecule has 0 unspecified atom stereocenters. The number of benzene rings is 4. The molecule has 0 aliphatic carbocycles. The number of nitrogens with one attached hydrogen (secondary N) is 1. The van der Waals surface area contributed by atoms with Crippen LogP contribution in [0.3, 0.4) is 0 Å². The summed E-state index contributed by atoms with van der Waals surface area (Å²) in [5, 5.41) is 4.07. The second kappa shape index (κ2) is 11.3. The van der Waals surface area contributed by atoms with E-state index in [9.17, 15) is 4.79 Å². The monoisotopic (exact) mass is 436 g/mol. The Morgan fingerprint density at radius 3 is 2.15 bits per heavy atom. The Morgan fingerprint density at radius 2 is 1.36 bits per heavy atom. The number of carbonyl (C=O) groups excluding carboxylic acids is 1. The first-order valence-electron chi connectivity index (χ1n) is 10.6. The first kappa shape index (κ1) is 21.8. The van der Waals surface area contributed by atoms with Crippen LogP contribution >= 0.6 is 0 Å². The fourth-order valence-electron chi connectivity index (χ4n) is 3.25. The molecule has 1 N–H and O–H groups in total. The van der Waals surface area contributed by atoms with Gasteiger partial charge in [-0.1, -0.05) is 91.0 Å². The van der Waals surface area contributed by atoms with E-state index < -0.39 is 0 Å². The van der Waals surface area contributed by atoms with Crippen LogP contribution in [-0.4, -0.2) is 18.7 Å². The molecule has 0 aliphatic rings. The molecule has 0 bridgehead atoms. The lowest BCUT2D eigenvalue weighted by Crippen LogP contribution is -2.24. The molecule has 4 rings (SSSR count). The highest BCUT2D eigenvalue weighted by atomic mass is 16.5. The molecule has 0 saturated carbocycles. The molecule has 0 atom stereocenters. The Bertz CT molecular complexity index is 1210. The van der Waals surface area contributed by atoms with Crippen molar-refractivity contribution in [2.75, 3.05) is 6.61 Å². The summed E-state index contributed by atoms with van der Waals surface area (Å²) >= 11 is 0. The third kappa shape index (κ3) is 6.31. The number of nitrogens with zero attached hydrogens (tertiary/aromatic N) is 1. The fourth-order valence-corrected chi connectivity index (χ4v) is 3.25. The van der Waals surface area contributed by atoms with Crippen molar-refractivity contribution in [3.8, 4) is 22.6 Å². The van der Waals surface area contributed by atoms with Crippen molar-refractivity contribution in [2.24, 2.45) is 5.10 Å². The highest BCUT2D eigenvalue weighted by Gasteiger charge is 2.08. The quantitative estimate of drug-likeness (QED) is 0.280. The van der Waals surface area contributed by atoms with Gasteiger partial charge in [0, 0.05) is 11.1 Å². The van der Waals surface area contributed by atoms with E-state index in [0.29, 0.717) is 18.1 Å². The summed E-state index contributed by atoms with van der Waals surface area (Å²) in [7, 11) is 0. The third-order valence-electron chi connectivity index (χ3n) is 4.88. The van der Waals surface area contributed by atoms with Crippen LogP contribution < -0.4 is 14.9 Å². The molecule has 4 aromatic rings. The van der Waals surface area contributed by atoms with Crippen LogP contribution in [0.5, 0.6) is 11.5 Å². The van der Waals surface area contributed by atoms with Crippen molar-refractivity contribution in [1.29, 1.82) is 0 Å². The number of carbonyl (C=O) groups is 1. The van der Waals surface area contributed by atoms with E-state index in [-0.39, 0.29) is 12.5 Å². The van der Waals surface area contributed by atoms with Gasteiger partial charge in [0.2, 0.25) is 0 Å². The van der Waals surface area contributed by atoms with Crippen LogP contribution in [0.2, 0.25) is 0 Å². The van der Waals surface area contributed by atoms with Gasteiger partial charge >= 0.3 is 0 Å². The zero-order valence-electron chi connectivity index (χ0n) is 18.1. The predicted molar refractivity (Wildman–Crippen MR) is 130 cm³/mol. The fraction of sp³-hybridized carbons (Fsp3) is 0.0714. The molecule has 0 aromatic heterocycles. The van der Waals surface area contributed by atoms with Gasteiger partial charge < -0.3 is 9.47 Å². The first-order chi connectivity index (χ1) is 16.3. The number of hydrogen-bond donors (Lipinski definition) is 1. The average Bonchev–Trinajstić information content (AvgIpc) is 2.88. The summed E-state index contributed by atoms with van der Waals surface area (Å²) < 4.78 is 11.7. The Kier molecular flexibility index (Phi) is 7.48. The highest BCUT2D eigenvalue weighted by Crippen LogP contribution is 2.29. The Balaban J connectivity index is 1.33. The van der Waals surface area contributed by atoms with Crippen molar-refractivity contribution in [3.63, 3.8) is 0 Å². The topological polar surface area (TPSA) is 59.9 Å². The van der Waals surface area contributed by atoms with Gasteiger partial charge in [0.05, 0.1) is 6.21 Å². The molecule has 164 valence electrons. The third-order valence-corrected chi connectivity index (χ3v) is 4.88. The van der Waals surface area contributed by atoms with E-state index in [2.05, 4.69) is 10.5 Å². The molecular weight excluding hydrogens is 412 g/mol. The van der Waals surface area contributed by atoms with E-state index in [0.717, 1.165) is 22.3 Å². The number of rotatable bonds is 9.